The van der Waals surface area contributed by atoms with Gasteiger partial charge in [0.2, 0.25) is 5.91 Å². The van der Waals surface area contributed by atoms with E-state index in [2.05, 4.69) is 41.0 Å². The quantitative estimate of drug-likeness (QED) is 0.844. The van der Waals surface area contributed by atoms with Gasteiger partial charge in [0.15, 0.2) is 0 Å². The van der Waals surface area contributed by atoms with E-state index in [0.29, 0.717) is 0 Å². The Morgan fingerprint density at radius 2 is 1.76 bits per heavy atom. The van der Waals surface area contributed by atoms with Crippen LogP contribution in [-0.2, 0) is 4.79 Å². The number of benzene rings is 1. The SMILES string of the molecule is CC1(N)CCCCC1C(=O)N1CCCN(c2ccccc2)CC1.Cl.Cl. The van der Waals surface area contributed by atoms with Crippen molar-refractivity contribution in [3.63, 3.8) is 0 Å². The lowest BCUT2D eigenvalue weighted by Gasteiger charge is -2.39. The predicted molar refractivity (Wildman–Crippen MR) is 109 cm³/mol. The van der Waals surface area contributed by atoms with Crippen molar-refractivity contribution in [1.29, 1.82) is 0 Å². The van der Waals surface area contributed by atoms with Gasteiger partial charge < -0.3 is 15.5 Å². The summed E-state index contributed by atoms with van der Waals surface area (Å²) < 4.78 is 0. The first-order valence-corrected chi connectivity index (χ1v) is 8.95. The van der Waals surface area contributed by atoms with Crippen molar-refractivity contribution in [2.75, 3.05) is 31.1 Å². The molecule has 1 saturated carbocycles. The largest absolute Gasteiger partial charge is 0.370 e. The molecule has 1 amide bonds. The van der Waals surface area contributed by atoms with E-state index in [1.54, 1.807) is 0 Å². The lowest BCUT2D eigenvalue weighted by atomic mass is 9.74. The second-order valence-electron chi connectivity index (χ2n) is 7.31. The number of anilines is 1. The van der Waals surface area contributed by atoms with Crippen molar-refractivity contribution in [3.8, 4) is 0 Å². The van der Waals surface area contributed by atoms with Gasteiger partial charge in [-0.3, -0.25) is 4.79 Å². The molecule has 0 spiro atoms. The van der Waals surface area contributed by atoms with Crippen molar-refractivity contribution in [3.05, 3.63) is 30.3 Å². The van der Waals surface area contributed by atoms with Crippen LogP contribution < -0.4 is 10.6 Å². The fourth-order valence-corrected chi connectivity index (χ4v) is 4.02. The first kappa shape index (κ1) is 22.1. The summed E-state index contributed by atoms with van der Waals surface area (Å²) in [6.07, 6.45) is 5.22. The van der Waals surface area contributed by atoms with Gasteiger partial charge in [-0.05, 0) is 38.3 Å². The molecule has 1 aromatic rings. The molecular formula is C19H31Cl2N3O. The van der Waals surface area contributed by atoms with Crippen LogP contribution in [-0.4, -0.2) is 42.5 Å². The van der Waals surface area contributed by atoms with E-state index in [1.807, 2.05) is 6.07 Å². The second kappa shape index (κ2) is 9.65. The molecule has 2 fully saturated rings. The lowest BCUT2D eigenvalue weighted by molar-refractivity contribution is -0.138. The molecule has 1 aromatic carbocycles. The van der Waals surface area contributed by atoms with Crippen LogP contribution in [0.2, 0.25) is 0 Å². The summed E-state index contributed by atoms with van der Waals surface area (Å²) >= 11 is 0. The molecule has 1 heterocycles. The number of nitrogens with two attached hydrogens (primary N) is 1. The Labute approximate surface area is 163 Å². The molecule has 4 nitrogen and oxygen atoms in total. The number of halogens is 2. The zero-order chi connectivity index (χ0) is 16.3. The topological polar surface area (TPSA) is 49.6 Å². The van der Waals surface area contributed by atoms with Gasteiger partial charge in [0.25, 0.3) is 0 Å². The zero-order valence-electron chi connectivity index (χ0n) is 15.0. The normalized spacial score (nSPS) is 26.9. The van der Waals surface area contributed by atoms with Gasteiger partial charge in [0.05, 0.1) is 5.92 Å². The molecule has 1 aliphatic heterocycles. The van der Waals surface area contributed by atoms with Gasteiger partial charge in [0.1, 0.15) is 0 Å². The minimum Gasteiger partial charge on any atom is -0.370 e. The van der Waals surface area contributed by atoms with Crippen LogP contribution in [0.4, 0.5) is 5.69 Å². The third-order valence-electron chi connectivity index (χ3n) is 5.48. The molecule has 0 bridgehead atoms. The van der Waals surface area contributed by atoms with E-state index in [1.165, 1.54) is 5.69 Å². The van der Waals surface area contributed by atoms with Crippen molar-refractivity contribution in [2.45, 2.75) is 44.6 Å². The number of rotatable bonds is 2. The first-order chi connectivity index (χ1) is 11.1. The number of carbonyl (C=O) groups is 1. The summed E-state index contributed by atoms with van der Waals surface area (Å²) in [5, 5.41) is 0. The highest BCUT2D eigenvalue weighted by Gasteiger charge is 2.39. The lowest BCUT2D eigenvalue weighted by Crippen LogP contribution is -2.54. The third kappa shape index (κ3) is 5.25. The third-order valence-corrected chi connectivity index (χ3v) is 5.48. The standard InChI is InChI=1S/C19H29N3O.2ClH/c1-19(20)11-6-5-10-17(19)18(23)22-13-7-12-21(14-15-22)16-8-3-2-4-9-16;;/h2-4,8-9,17H,5-7,10-15,20H2,1H3;2*1H. The number of hydrogen-bond acceptors (Lipinski definition) is 3. The Balaban J connectivity index is 0.00000156. The molecule has 2 N–H and O–H groups in total. The summed E-state index contributed by atoms with van der Waals surface area (Å²) in [5.41, 5.74) is 7.35. The van der Waals surface area contributed by atoms with Crippen LogP contribution in [0.1, 0.15) is 39.0 Å². The Hall–Kier alpha value is -0.970. The maximum Gasteiger partial charge on any atom is 0.227 e. The van der Waals surface area contributed by atoms with E-state index in [9.17, 15) is 4.79 Å². The van der Waals surface area contributed by atoms with Gasteiger partial charge in [-0.25, -0.2) is 0 Å². The van der Waals surface area contributed by atoms with Gasteiger partial charge in [0, 0.05) is 37.4 Å². The van der Waals surface area contributed by atoms with Crippen molar-refractivity contribution >= 4 is 36.4 Å². The second-order valence-corrected chi connectivity index (χ2v) is 7.31. The first-order valence-electron chi connectivity index (χ1n) is 8.95. The van der Waals surface area contributed by atoms with E-state index in [4.69, 9.17) is 5.73 Å². The van der Waals surface area contributed by atoms with Gasteiger partial charge in [-0.1, -0.05) is 31.0 Å². The minimum absolute atomic E-state index is 0. The molecule has 6 heteroatoms. The van der Waals surface area contributed by atoms with E-state index in [-0.39, 0.29) is 42.2 Å². The molecule has 0 aromatic heterocycles. The summed E-state index contributed by atoms with van der Waals surface area (Å²) in [4.78, 5) is 17.4. The smallest absolute Gasteiger partial charge is 0.227 e. The average molecular weight is 388 g/mol. The van der Waals surface area contributed by atoms with Crippen LogP contribution in [0.5, 0.6) is 0 Å². The molecule has 0 radical (unpaired) electrons. The van der Waals surface area contributed by atoms with Gasteiger partial charge in [-0.2, -0.15) is 0 Å². The van der Waals surface area contributed by atoms with Gasteiger partial charge >= 0.3 is 0 Å². The maximum absolute atomic E-state index is 13.0. The van der Waals surface area contributed by atoms with Crippen molar-refractivity contribution in [1.82, 2.24) is 4.90 Å². The predicted octanol–water partition coefficient (Wildman–Crippen LogP) is 3.48. The molecule has 142 valence electrons. The molecule has 2 atom stereocenters. The highest BCUT2D eigenvalue weighted by molar-refractivity contribution is 5.85. The van der Waals surface area contributed by atoms with E-state index < -0.39 is 0 Å². The number of amides is 1. The fourth-order valence-electron chi connectivity index (χ4n) is 4.02. The summed E-state index contributed by atoms with van der Waals surface area (Å²) in [6, 6.07) is 10.5. The molecule has 1 saturated heterocycles. The van der Waals surface area contributed by atoms with Gasteiger partial charge in [-0.15, -0.1) is 24.8 Å². The maximum atomic E-state index is 13.0. The average Bonchev–Trinajstić information content (AvgIpc) is 2.81. The monoisotopic (exact) mass is 387 g/mol. The van der Waals surface area contributed by atoms with E-state index >= 15 is 0 Å². The molecule has 1 aliphatic carbocycles. The van der Waals surface area contributed by atoms with Crippen LogP contribution in [0, 0.1) is 5.92 Å². The van der Waals surface area contributed by atoms with Crippen LogP contribution in [0.25, 0.3) is 0 Å². The molecular weight excluding hydrogens is 357 g/mol. The Bertz CT molecular complexity index is 539. The fraction of sp³-hybridized carbons (Fsp3) is 0.632. The minimum atomic E-state index is -0.333. The highest BCUT2D eigenvalue weighted by atomic mass is 35.5. The Kier molecular flexibility index (Phi) is 8.52. The number of carbonyl (C=O) groups excluding carboxylic acids is 1. The number of nitrogens with zero attached hydrogens (tertiary/aromatic N) is 2. The number of para-hydroxylation sites is 1. The molecule has 3 rings (SSSR count). The molecule has 25 heavy (non-hydrogen) atoms. The Morgan fingerprint density at radius 1 is 1.04 bits per heavy atom. The van der Waals surface area contributed by atoms with Crippen molar-refractivity contribution < 1.29 is 4.79 Å². The van der Waals surface area contributed by atoms with Crippen molar-refractivity contribution in [2.24, 2.45) is 11.7 Å². The Morgan fingerprint density at radius 3 is 2.44 bits per heavy atom. The zero-order valence-corrected chi connectivity index (χ0v) is 16.7. The molecule has 2 aliphatic rings. The summed E-state index contributed by atoms with van der Waals surface area (Å²) in [6.45, 7) is 5.64. The van der Waals surface area contributed by atoms with Crippen LogP contribution >= 0.6 is 24.8 Å². The summed E-state index contributed by atoms with van der Waals surface area (Å²) in [7, 11) is 0. The summed E-state index contributed by atoms with van der Waals surface area (Å²) in [5.74, 6) is 0.282. The number of hydrogen-bond donors (Lipinski definition) is 1. The van der Waals surface area contributed by atoms with Crippen LogP contribution in [0.3, 0.4) is 0 Å². The molecule has 2 unspecified atom stereocenters. The van der Waals surface area contributed by atoms with E-state index in [0.717, 1.165) is 58.3 Å². The van der Waals surface area contributed by atoms with Crippen LogP contribution in [0.15, 0.2) is 30.3 Å². The highest BCUT2D eigenvalue weighted by Crippen LogP contribution is 2.33.